The van der Waals surface area contributed by atoms with Crippen molar-refractivity contribution in [3.8, 4) is 5.75 Å². The van der Waals surface area contributed by atoms with Crippen LogP contribution in [0.15, 0.2) is 80.5 Å². The fraction of sp³-hybridized carbons (Fsp3) is 0.0833. The summed E-state index contributed by atoms with van der Waals surface area (Å²) in [5, 5.41) is 6.23. The molecule has 170 valence electrons. The molecule has 0 saturated carbocycles. The lowest BCUT2D eigenvalue weighted by Crippen LogP contribution is -2.32. The van der Waals surface area contributed by atoms with Crippen LogP contribution >= 0.6 is 23.4 Å². The second-order valence-electron chi connectivity index (χ2n) is 7.38. The van der Waals surface area contributed by atoms with Crippen molar-refractivity contribution in [1.82, 2.24) is 19.6 Å². The number of aromatic nitrogens is 4. The number of thioether (sulfide) groups is 1. The highest BCUT2D eigenvalue weighted by atomic mass is 35.5. The van der Waals surface area contributed by atoms with Gasteiger partial charge in [-0.05, 0) is 54.1 Å². The Morgan fingerprint density at radius 3 is 2.79 bits per heavy atom. The van der Waals surface area contributed by atoms with Gasteiger partial charge in [-0.25, -0.2) is 9.78 Å². The first-order valence-corrected chi connectivity index (χ1v) is 11.6. The summed E-state index contributed by atoms with van der Waals surface area (Å²) in [5.41, 5.74) is 1.79. The van der Waals surface area contributed by atoms with E-state index >= 15 is 0 Å². The van der Waals surface area contributed by atoms with E-state index in [1.54, 1.807) is 49.3 Å². The van der Waals surface area contributed by atoms with Crippen molar-refractivity contribution >= 4 is 51.5 Å². The Morgan fingerprint density at radius 2 is 2.00 bits per heavy atom. The number of aromatic amines is 2. The summed E-state index contributed by atoms with van der Waals surface area (Å²) in [6.07, 6.45) is 3.22. The van der Waals surface area contributed by atoms with Crippen LogP contribution in [0.25, 0.3) is 21.9 Å². The van der Waals surface area contributed by atoms with Gasteiger partial charge in [0.25, 0.3) is 0 Å². The van der Waals surface area contributed by atoms with E-state index in [1.807, 2.05) is 30.3 Å². The van der Waals surface area contributed by atoms with Gasteiger partial charge in [0.15, 0.2) is 0 Å². The Morgan fingerprint density at radius 1 is 1.12 bits per heavy atom. The van der Waals surface area contributed by atoms with Gasteiger partial charge in [-0.2, -0.15) is 5.10 Å². The molecular formula is C24H18ClN5O3S. The molecule has 5 aromatic rings. The number of fused-ring (bicyclic) bond motifs is 3. The molecule has 0 spiro atoms. The number of hydrogen-bond acceptors (Lipinski definition) is 6. The van der Waals surface area contributed by atoms with E-state index < -0.39 is 11.2 Å². The fourth-order valence-corrected chi connectivity index (χ4v) is 4.63. The third kappa shape index (κ3) is 4.23. The summed E-state index contributed by atoms with van der Waals surface area (Å²) < 4.78 is 6.27. The molecule has 0 unspecified atom stereocenters. The Kier molecular flexibility index (Phi) is 5.95. The van der Waals surface area contributed by atoms with E-state index in [2.05, 4.69) is 20.1 Å². The Balaban J connectivity index is 1.49. The average molecular weight is 492 g/mol. The number of nitrogens with one attached hydrogen (secondary N) is 2. The van der Waals surface area contributed by atoms with Crippen LogP contribution in [0.2, 0.25) is 5.02 Å². The van der Waals surface area contributed by atoms with Crippen molar-refractivity contribution in [3.05, 3.63) is 97.8 Å². The Bertz CT molecular complexity index is 1660. The van der Waals surface area contributed by atoms with Crippen LogP contribution in [0.1, 0.15) is 11.1 Å². The highest BCUT2D eigenvalue weighted by molar-refractivity contribution is 7.98. The average Bonchev–Trinajstić information content (AvgIpc) is 3.21. The van der Waals surface area contributed by atoms with Gasteiger partial charge in [0.1, 0.15) is 11.3 Å². The lowest BCUT2D eigenvalue weighted by molar-refractivity contribution is 0.411. The predicted molar refractivity (Wildman–Crippen MR) is 135 cm³/mol. The molecule has 0 bridgehead atoms. The molecule has 3 heterocycles. The van der Waals surface area contributed by atoms with Crippen molar-refractivity contribution in [2.45, 2.75) is 10.8 Å². The first kappa shape index (κ1) is 22.0. The topological polar surface area (TPSA) is 105 Å². The Labute approximate surface area is 202 Å². The lowest BCUT2D eigenvalue weighted by Gasteiger charge is -2.09. The van der Waals surface area contributed by atoms with Crippen LogP contribution in [0, 0.1) is 0 Å². The molecule has 0 amide bonds. The highest BCUT2D eigenvalue weighted by Crippen LogP contribution is 2.27. The van der Waals surface area contributed by atoms with Gasteiger partial charge in [0.05, 0.1) is 23.9 Å². The number of methoxy groups -OCH3 is 1. The third-order valence-electron chi connectivity index (χ3n) is 5.23. The number of hydrogen-bond donors (Lipinski definition) is 2. The molecule has 3 aromatic heterocycles. The first-order chi connectivity index (χ1) is 16.5. The smallest absolute Gasteiger partial charge is 0.350 e. The van der Waals surface area contributed by atoms with E-state index in [0.29, 0.717) is 32.8 Å². The molecule has 10 heteroatoms. The monoisotopic (exact) mass is 491 g/mol. The molecule has 0 aliphatic carbocycles. The van der Waals surface area contributed by atoms with E-state index in [0.717, 1.165) is 21.0 Å². The van der Waals surface area contributed by atoms with Crippen LogP contribution in [0.5, 0.6) is 5.75 Å². The molecule has 2 N–H and O–H groups in total. The predicted octanol–water partition coefficient (Wildman–Crippen LogP) is 4.40. The number of benzene rings is 2. The molecule has 0 aliphatic heterocycles. The molecular weight excluding hydrogens is 474 g/mol. The van der Waals surface area contributed by atoms with Gasteiger partial charge in [-0.15, -0.1) is 16.4 Å². The van der Waals surface area contributed by atoms with Gasteiger partial charge in [0.2, 0.25) is 0 Å². The number of ether oxygens (including phenoxy) is 1. The second-order valence-corrected chi connectivity index (χ2v) is 8.82. The van der Waals surface area contributed by atoms with Crippen molar-refractivity contribution in [2.75, 3.05) is 7.11 Å². The van der Waals surface area contributed by atoms with Crippen LogP contribution in [0.4, 0.5) is 0 Å². The minimum absolute atomic E-state index is 0.246. The zero-order valence-corrected chi connectivity index (χ0v) is 19.5. The summed E-state index contributed by atoms with van der Waals surface area (Å²) in [7, 11) is 1.61. The molecule has 34 heavy (non-hydrogen) atoms. The highest BCUT2D eigenvalue weighted by Gasteiger charge is 2.13. The maximum absolute atomic E-state index is 13.0. The summed E-state index contributed by atoms with van der Waals surface area (Å²) >= 11 is 7.65. The molecule has 8 nitrogen and oxygen atoms in total. The van der Waals surface area contributed by atoms with E-state index in [9.17, 15) is 9.59 Å². The maximum atomic E-state index is 13.0. The summed E-state index contributed by atoms with van der Waals surface area (Å²) in [6.45, 7) is 0. The number of halogens is 1. The van der Waals surface area contributed by atoms with Gasteiger partial charge in [-0.1, -0.05) is 17.7 Å². The number of nitrogens with zero attached hydrogens (tertiary/aromatic N) is 3. The molecule has 5 rings (SSSR count). The normalized spacial score (nSPS) is 11.6. The second kappa shape index (κ2) is 9.20. The lowest BCUT2D eigenvalue weighted by atomic mass is 10.1. The van der Waals surface area contributed by atoms with Gasteiger partial charge < -0.3 is 14.7 Å². The van der Waals surface area contributed by atoms with Crippen molar-refractivity contribution in [1.29, 1.82) is 0 Å². The first-order valence-electron chi connectivity index (χ1n) is 10.2. The number of pyridine rings is 1. The van der Waals surface area contributed by atoms with Crippen molar-refractivity contribution < 1.29 is 4.74 Å². The van der Waals surface area contributed by atoms with Crippen LogP contribution < -0.4 is 16.0 Å². The fourth-order valence-electron chi connectivity index (χ4n) is 3.62. The van der Waals surface area contributed by atoms with Gasteiger partial charge in [-0.3, -0.25) is 4.79 Å². The molecule has 0 radical (unpaired) electrons. The summed E-state index contributed by atoms with van der Waals surface area (Å²) in [5.74, 6) is 1.36. The number of H-pyrrole nitrogens is 2. The summed E-state index contributed by atoms with van der Waals surface area (Å²) in [4.78, 5) is 35.7. The largest absolute Gasteiger partial charge is 0.496 e. The molecule has 2 aromatic carbocycles. The maximum Gasteiger partial charge on any atom is 0.350 e. The van der Waals surface area contributed by atoms with Crippen LogP contribution in [0.3, 0.4) is 0 Å². The molecule has 0 fully saturated rings. The van der Waals surface area contributed by atoms with E-state index in [1.165, 1.54) is 6.21 Å². The summed E-state index contributed by atoms with van der Waals surface area (Å²) in [6, 6.07) is 16.4. The SMILES string of the molecule is COc1ccc(/C=N\n2c(=O)[nH]c3c([nH]c4ccc(Cl)cc43)c2=O)cc1CSc1ccccn1. The minimum atomic E-state index is -0.644. The quantitative estimate of drug-likeness (QED) is 0.270. The molecule has 0 saturated heterocycles. The van der Waals surface area contributed by atoms with E-state index in [4.69, 9.17) is 16.3 Å². The molecule has 0 aliphatic rings. The van der Waals surface area contributed by atoms with Crippen LogP contribution in [-0.4, -0.2) is 33.0 Å². The minimum Gasteiger partial charge on any atom is -0.496 e. The Hall–Kier alpha value is -3.82. The van der Waals surface area contributed by atoms with Crippen molar-refractivity contribution in [2.24, 2.45) is 5.10 Å². The van der Waals surface area contributed by atoms with Gasteiger partial charge in [0, 0.05) is 33.4 Å². The number of rotatable bonds is 6. The standard InChI is InChI=1S/C24H18ClN5O3S/c1-33-19-8-5-14(10-15(19)13-34-20-4-2-3-9-26-20)12-27-30-23(31)22-21(29-24(30)32)17-11-16(25)6-7-18(17)28-22/h2-12,28H,13H2,1H3,(H,29,32)/b27-12-. The molecule has 0 atom stereocenters. The van der Waals surface area contributed by atoms with Crippen molar-refractivity contribution in [3.63, 3.8) is 0 Å². The van der Waals surface area contributed by atoms with E-state index in [-0.39, 0.29) is 5.52 Å². The van der Waals surface area contributed by atoms with Crippen LogP contribution in [-0.2, 0) is 5.75 Å². The third-order valence-corrected chi connectivity index (χ3v) is 6.46. The van der Waals surface area contributed by atoms with Gasteiger partial charge >= 0.3 is 11.2 Å². The zero-order valence-electron chi connectivity index (χ0n) is 17.9. The zero-order chi connectivity index (χ0) is 23.7.